The second-order valence-corrected chi connectivity index (χ2v) is 8.56. The Bertz CT molecular complexity index is 1370. The van der Waals surface area contributed by atoms with Crippen LogP contribution in [0.3, 0.4) is 0 Å². The number of fused-ring (bicyclic) bond motifs is 3. The first-order valence-corrected chi connectivity index (χ1v) is 11.4. The molecule has 0 saturated carbocycles. The van der Waals surface area contributed by atoms with E-state index in [1.807, 2.05) is 36.4 Å². The maximum absolute atomic E-state index is 13.0. The molecule has 33 heavy (non-hydrogen) atoms. The van der Waals surface area contributed by atoms with Crippen LogP contribution < -0.4 is 15.8 Å². The zero-order chi connectivity index (χ0) is 23.5. The summed E-state index contributed by atoms with van der Waals surface area (Å²) in [6, 6.07) is 16.4. The molecule has 4 rings (SSSR count). The van der Waals surface area contributed by atoms with Gasteiger partial charge >= 0.3 is 0 Å². The van der Waals surface area contributed by atoms with Crippen molar-refractivity contribution < 1.29 is 4.79 Å². The Hall–Kier alpha value is -3.61. The molecular weight excluding hydrogens is 414 g/mol. The molecule has 1 N–H and O–H groups in total. The molecule has 0 radical (unpaired) electrons. The summed E-state index contributed by atoms with van der Waals surface area (Å²) in [5.41, 5.74) is 4.78. The summed E-state index contributed by atoms with van der Waals surface area (Å²) in [4.78, 5) is 27.8. The SMILES string of the molecule is CCN(CCCNC(=O)Cn1nc(C)n2c(cc3cc(C)ccc32)c1=O)c1cccc(C)c1. The molecule has 0 spiro atoms. The Morgan fingerprint density at radius 3 is 2.58 bits per heavy atom. The van der Waals surface area contributed by atoms with E-state index in [1.54, 1.807) is 0 Å². The number of aryl methyl sites for hydroxylation is 3. The number of amides is 1. The van der Waals surface area contributed by atoms with Crippen LogP contribution in [0.5, 0.6) is 0 Å². The largest absolute Gasteiger partial charge is 0.372 e. The van der Waals surface area contributed by atoms with E-state index in [0.29, 0.717) is 17.9 Å². The van der Waals surface area contributed by atoms with Crippen molar-refractivity contribution in [1.82, 2.24) is 19.5 Å². The van der Waals surface area contributed by atoms with E-state index in [0.717, 1.165) is 36.0 Å². The van der Waals surface area contributed by atoms with Gasteiger partial charge in [-0.15, -0.1) is 0 Å². The van der Waals surface area contributed by atoms with E-state index in [1.165, 1.54) is 15.9 Å². The Morgan fingerprint density at radius 1 is 1.03 bits per heavy atom. The van der Waals surface area contributed by atoms with Gasteiger partial charge in [0, 0.05) is 30.7 Å². The molecule has 4 aromatic rings. The monoisotopic (exact) mass is 445 g/mol. The molecule has 0 aliphatic heterocycles. The topological polar surface area (TPSA) is 71.6 Å². The van der Waals surface area contributed by atoms with Gasteiger partial charge in [-0.25, -0.2) is 4.68 Å². The summed E-state index contributed by atoms with van der Waals surface area (Å²) in [5.74, 6) is 0.465. The quantitative estimate of drug-likeness (QED) is 0.421. The number of benzene rings is 2. The minimum atomic E-state index is -0.263. The third-order valence-electron chi connectivity index (χ3n) is 5.97. The van der Waals surface area contributed by atoms with Crippen LogP contribution in [0, 0.1) is 20.8 Å². The van der Waals surface area contributed by atoms with Gasteiger partial charge in [0.05, 0.1) is 5.52 Å². The maximum atomic E-state index is 13.0. The normalized spacial score (nSPS) is 11.3. The van der Waals surface area contributed by atoms with Gasteiger partial charge < -0.3 is 10.2 Å². The van der Waals surface area contributed by atoms with Crippen molar-refractivity contribution in [2.24, 2.45) is 0 Å². The summed E-state index contributed by atoms with van der Waals surface area (Å²) in [5, 5.41) is 8.33. The highest BCUT2D eigenvalue weighted by molar-refractivity contribution is 5.87. The molecule has 2 aromatic heterocycles. The van der Waals surface area contributed by atoms with Crippen LogP contribution in [0.2, 0.25) is 0 Å². The van der Waals surface area contributed by atoms with Gasteiger partial charge in [0.25, 0.3) is 5.56 Å². The standard InChI is InChI=1S/C26H31N5O2/c1-5-29(22-9-6-8-18(2)15-22)13-7-12-27-25(32)17-30-26(33)24-16-21-14-19(3)10-11-23(21)31(24)20(4)28-30/h6,8-11,14-16H,5,7,12-13,17H2,1-4H3,(H,27,32). The van der Waals surface area contributed by atoms with Gasteiger partial charge in [-0.1, -0.05) is 23.8 Å². The molecule has 2 heterocycles. The molecule has 2 aromatic carbocycles. The highest BCUT2D eigenvalue weighted by Crippen LogP contribution is 2.20. The number of rotatable bonds is 8. The molecule has 1 amide bonds. The lowest BCUT2D eigenvalue weighted by atomic mass is 10.2. The smallest absolute Gasteiger partial charge is 0.291 e. The third kappa shape index (κ3) is 4.77. The molecule has 0 bridgehead atoms. The second-order valence-electron chi connectivity index (χ2n) is 8.56. The highest BCUT2D eigenvalue weighted by Gasteiger charge is 2.14. The maximum Gasteiger partial charge on any atom is 0.291 e. The minimum Gasteiger partial charge on any atom is -0.372 e. The second kappa shape index (κ2) is 9.48. The van der Waals surface area contributed by atoms with E-state index in [2.05, 4.69) is 59.5 Å². The van der Waals surface area contributed by atoms with Gasteiger partial charge in [-0.05, 0) is 70.0 Å². The van der Waals surface area contributed by atoms with Crippen molar-refractivity contribution in [3.63, 3.8) is 0 Å². The third-order valence-corrected chi connectivity index (χ3v) is 5.97. The molecule has 0 unspecified atom stereocenters. The molecule has 0 saturated heterocycles. The molecule has 0 atom stereocenters. The summed E-state index contributed by atoms with van der Waals surface area (Å²) in [6.45, 7) is 10.3. The lowest BCUT2D eigenvalue weighted by molar-refractivity contribution is -0.121. The molecule has 0 aliphatic carbocycles. The van der Waals surface area contributed by atoms with Crippen molar-refractivity contribution in [3.8, 4) is 0 Å². The van der Waals surface area contributed by atoms with E-state index in [4.69, 9.17) is 0 Å². The summed E-state index contributed by atoms with van der Waals surface area (Å²) in [6.07, 6.45) is 0.817. The highest BCUT2D eigenvalue weighted by atomic mass is 16.2. The zero-order valence-electron chi connectivity index (χ0n) is 19.8. The van der Waals surface area contributed by atoms with Crippen molar-refractivity contribution in [2.45, 2.75) is 40.7 Å². The molecule has 172 valence electrons. The number of carbonyl (C=O) groups excluding carboxylic acids is 1. The minimum absolute atomic E-state index is 0.0912. The Morgan fingerprint density at radius 2 is 1.82 bits per heavy atom. The fraction of sp³-hybridized carbons (Fsp3) is 0.346. The number of hydrogen-bond acceptors (Lipinski definition) is 4. The number of aromatic nitrogens is 3. The van der Waals surface area contributed by atoms with Crippen LogP contribution >= 0.6 is 0 Å². The van der Waals surface area contributed by atoms with Crippen LogP contribution in [0.1, 0.15) is 30.3 Å². The fourth-order valence-electron chi connectivity index (χ4n) is 4.33. The van der Waals surface area contributed by atoms with Crippen LogP contribution in [0.4, 0.5) is 5.69 Å². The number of hydrogen-bond donors (Lipinski definition) is 1. The van der Waals surface area contributed by atoms with Gasteiger partial charge in [0.1, 0.15) is 17.9 Å². The van der Waals surface area contributed by atoms with Crippen LogP contribution in [0.25, 0.3) is 16.4 Å². The van der Waals surface area contributed by atoms with Crippen LogP contribution in [0.15, 0.2) is 53.3 Å². The lowest BCUT2D eigenvalue weighted by Crippen LogP contribution is -2.36. The predicted molar refractivity (Wildman–Crippen MR) is 133 cm³/mol. The van der Waals surface area contributed by atoms with Crippen molar-refractivity contribution in [2.75, 3.05) is 24.5 Å². The molecule has 7 nitrogen and oxygen atoms in total. The van der Waals surface area contributed by atoms with Crippen molar-refractivity contribution >= 4 is 28.0 Å². The van der Waals surface area contributed by atoms with Crippen LogP contribution in [-0.2, 0) is 11.3 Å². The molecule has 7 heteroatoms. The Balaban J connectivity index is 1.40. The number of carbonyl (C=O) groups is 1. The number of nitrogens with zero attached hydrogens (tertiary/aromatic N) is 4. The first-order chi connectivity index (χ1) is 15.9. The Labute approximate surface area is 193 Å². The predicted octanol–water partition coefficient (Wildman–Crippen LogP) is 3.61. The lowest BCUT2D eigenvalue weighted by Gasteiger charge is -2.23. The van der Waals surface area contributed by atoms with E-state index < -0.39 is 0 Å². The summed E-state index contributed by atoms with van der Waals surface area (Å²) >= 11 is 0. The zero-order valence-corrected chi connectivity index (χ0v) is 19.8. The number of nitrogens with one attached hydrogen (secondary N) is 1. The first-order valence-electron chi connectivity index (χ1n) is 11.4. The van der Waals surface area contributed by atoms with Gasteiger partial charge in [-0.2, -0.15) is 5.10 Å². The van der Waals surface area contributed by atoms with E-state index in [9.17, 15) is 9.59 Å². The van der Waals surface area contributed by atoms with Gasteiger partial charge in [0.2, 0.25) is 5.91 Å². The Kier molecular flexibility index (Phi) is 6.49. The average molecular weight is 446 g/mol. The number of anilines is 1. The fourth-order valence-corrected chi connectivity index (χ4v) is 4.33. The average Bonchev–Trinajstić information content (AvgIpc) is 3.16. The summed E-state index contributed by atoms with van der Waals surface area (Å²) in [7, 11) is 0. The van der Waals surface area contributed by atoms with Gasteiger partial charge in [0.15, 0.2) is 0 Å². The summed E-state index contributed by atoms with van der Waals surface area (Å²) < 4.78 is 3.12. The molecule has 0 fully saturated rings. The van der Waals surface area contributed by atoms with Crippen molar-refractivity contribution in [1.29, 1.82) is 0 Å². The van der Waals surface area contributed by atoms with Gasteiger partial charge in [-0.3, -0.25) is 14.0 Å². The first kappa shape index (κ1) is 22.6. The molecular formula is C26H31N5O2. The van der Waals surface area contributed by atoms with E-state index >= 15 is 0 Å². The van der Waals surface area contributed by atoms with Crippen LogP contribution in [-0.4, -0.2) is 39.7 Å². The van der Waals surface area contributed by atoms with E-state index in [-0.39, 0.29) is 18.0 Å². The molecule has 0 aliphatic rings. The van der Waals surface area contributed by atoms with Crippen molar-refractivity contribution in [3.05, 3.63) is 75.8 Å².